The maximum absolute atomic E-state index is 11.6. The number of rotatable bonds is 6. The van der Waals surface area contributed by atoms with Crippen LogP contribution in [-0.2, 0) is 17.9 Å². The number of aliphatic imine (C=N–C) groups is 1. The molecule has 0 aromatic heterocycles. The molecule has 3 N–H and O–H groups in total. The van der Waals surface area contributed by atoms with Gasteiger partial charge in [0.15, 0.2) is 5.96 Å². The molecule has 32 heavy (non-hydrogen) atoms. The molecule has 0 radical (unpaired) electrons. The Labute approximate surface area is 210 Å². The van der Waals surface area contributed by atoms with Gasteiger partial charge in [0, 0.05) is 32.7 Å². The van der Waals surface area contributed by atoms with Crippen LogP contribution in [0.4, 0.5) is 0 Å². The van der Waals surface area contributed by atoms with E-state index in [2.05, 4.69) is 46.3 Å². The standard InChI is InChI=1S/C25H39N5O.HI/c1-2-27-24(30-14-12-25(19-30)10-3-4-11-25)28-16-20-7-5-8-21(15-20)17-29-13-6-9-22(18-29)23(26)31;/h5,7-8,15,22H,2-4,6,9-14,16-19H2,1H3,(H2,26,31)(H,27,28);1H. The quantitative estimate of drug-likeness (QED) is 0.320. The third kappa shape index (κ3) is 6.37. The smallest absolute Gasteiger partial charge is 0.221 e. The summed E-state index contributed by atoms with van der Waals surface area (Å²) >= 11 is 0. The third-order valence-corrected chi connectivity index (χ3v) is 7.45. The van der Waals surface area contributed by atoms with Gasteiger partial charge < -0.3 is 16.0 Å². The van der Waals surface area contributed by atoms with Gasteiger partial charge in [-0.2, -0.15) is 0 Å². The highest BCUT2D eigenvalue weighted by atomic mass is 127. The fourth-order valence-corrected chi connectivity index (χ4v) is 5.76. The van der Waals surface area contributed by atoms with Crippen LogP contribution in [-0.4, -0.2) is 54.4 Å². The Morgan fingerprint density at radius 1 is 1.19 bits per heavy atom. The lowest BCUT2D eigenvalue weighted by molar-refractivity contribution is -0.123. The van der Waals surface area contributed by atoms with Crippen molar-refractivity contribution in [1.29, 1.82) is 0 Å². The summed E-state index contributed by atoms with van der Waals surface area (Å²) in [5.74, 6) is 0.898. The van der Waals surface area contributed by atoms with Gasteiger partial charge in [0.1, 0.15) is 0 Å². The number of hydrogen-bond donors (Lipinski definition) is 2. The summed E-state index contributed by atoms with van der Waals surface area (Å²) in [6.45, 7) is 8.72. The Hall–Kier alpha value is -1.35. The van der Waals surface area contributed by atoms with Crippen molar-refractivity contribution in [2.75, 3.05) is 32.7 Å². The molecule has 2 saturated heterocycles. The molecular weight excluding hydrogens is 513 g/mol. The van der Waals surface area contributed by atoms with Crippen molar-refractivity contribution in [3.63, 3.8) is 0 Å². The molecule has 1 aliphatic carbocycles. The van der Waals surface area contributed by atoms with E-state index in [0.29, 0.717) is 12.0 Å². The summed E-state index contributed by atoms with van der Waals surface area (Å²) in [5, 5.41) is 3.52. The lowest BCUT2D eigenvalue weighted by Gasteiger charge is -2.31. The van der Waals surface area contributed by atoms with E-state index in [1.165, 1.54) is 43.2 Å². The topological polar surface area (TPSA) is 74.0 Å². The number of nitrogens with two attached hydrogens (primary N) is 1. The van der Waals surface area contributed by atoms with Crippen LogP contribution >= 0.6 is 24.0 Å². The van der Waals surface area contributed by atoms with Crippen LogP contribution in [0.25, 0.3) is 0 Å². The van der Waals surface area contributed by atoms with Crippen molar-refractivity contribution >= 4 is 35.8 Å². The second-order valence-corrected chi connectivity index (χ2v) is 9.85. The number of piperidine rings is 1. The molecule has 1 spiro atoms. The summed E-state index contributed by atoms with van der Waals surface area (Å²) < 4.78 is 0. The molecule has 0 bridgehead atoms. The minimum Gasteiger partial charge on any atom is -0.369 e. The van der Waals surface area contributed by atoms with E-state index in [1.54, 1.807) is 0 Å². The molecule has 6 nitrogen and oxygen atoms in total. The van der Waals surface area contributed by atoms with E-state index in [4.69, 9.17) is 10.7 Å². The average molecular weight is 554 g/mol. The molecule has 2 aliphatic heterocycles. The van der Waals surface area contributed by atoms with Crippen molar-refractivity contribution < 1.29 is 4.79 Å². The highest BCUT2D eigenvalue weighted by molar-refractivity contribution is 14.0. The monoisotopic (exact) mass is 553 g/mol. The number of guanidine groups is 1. The van der Waals surface area contributed by atoms with Gasteiger partial charge in [0.25, 0.3) is 0 Å². The summed E-state index contributed by atoms with van der Waals surface area (Å²) in [7, 11) is 0. The van der Waals surface area contributed by atoms with Crippen molar-refractivity contribution in [2.24, 2.45) is 22.1 Å². The third-order valence-electron chi connectivity index (χ3n) is 7.45. The van der Waals surface area contributed by atoms with Gasteiger partial charge in [-0.15, -0.1) is 24.0 Å². The fraction of sp³-hybridized carbons (Fsp3) is 0.680. The Morgan fingerprint density at radius 2 is 1.97 bits per heavy atom. The van der Waals surface area contributed by atoms with Crippen LogP contribution < -0.4 is 11.1 Å². The number of amides is 1. The molecule has 4 rings (SSSR count). The van der Waals surface area contributed by atoms with Crippen LogP contribution in [0.2, 0.25) is 0 Å². The Morgan fingerprint density at radius 3 is 2.72 bits per heavy atom. The first-order valence-corrected chi connectivity index (χ1v) is 12.2. The average Bonchev–Trinajstić information content (AvgIpc) is 3.41. The number of likely N-dealkylation sites (tertiary alicyclic amines) is 2. The number of carbonyl (C=O) groups is 1. The van der Waals surface area contributed by atoms with Crippen LogP contribution in [0.5, 0.6) is 0 Å². The van der Waals surface area contributed by atoms with Crippen LogP contribution in [0, 0.1) is 11.3 Å². The van der Waals surface area contributed by atoms with E-state index in [1.807, 2.05) is 0 Å². The van der Waals surface area contributed by atoms with Gasteiger partial charge in [-0.3, -0.25) is 9.69 Å². The molecule has 3 fully saturated rings. The van der Waals surface area contributed by atoms with E-state index in [0.717, 1.165) is 58.1 Å². The molecule has 1 aromatic rings. The Kier molecular flexibility index (Phi) is 9.22. The van der Waals surface area contributed by atoms with Gasteiger partial charge in [0.2, 0.25) is 5.91 Å². The van der Waals surface area contributed by atoms with Crippen LogP contribution in [0.3, 0.4) is 0 Å². The number of hydrogen-bond acceptors (Lipinski definition) is 3. The minimum atomic E-state index is -0.162. The van der Waals surface area contributed by atoms with Crippen molar-refractivity contribution in [1.82, 2.24) is 15.1 Å². The number of halogens is 1. The molecule has 1 atom stereocenters. The predicted molar refractivity (Wildman–Crippen MR) is 141 cm³/mol. The SMILES string of the molecule is CCNC(=NCc1cccc(CN2CCCC(C(N)=O)C2)c1)N1CCC2(CCCC2)C1.I. The summed E-state index contributed by atoms with van der Waals surface area (Å²) in [5.41, 5.74) is 8.62. The maximum atomic E-state index is 11.6. The Balaban J connectivity index is 0.00000289. The molecular formula is C25H40IN5O. The molecule has 1 saturated carbocycles. The van der Waals surface area contributed by atoms with Crippen molar-refractivity contribution in [3.8, 4) is 0 Å². The second-order valence-electron chi connectivity index (χ2n) is 9.85. The highest BCUT2D eigenvalue weighted by Gasteiger charge is 2.41. The van der Waals surface area contributed by atoms with Gasteiger partial charge >= 0.3 is 0 Å². The van der Waals surface area contributed by atoms with E-state index < -0.39 is 0 Å². The molecule has 1 amide bonds. The zero-order chi connectivity index (χ0) is 21.7. The lowest BCUT2D eigenvalue weighted by atomic mass is 9.86. The molecule has 2 heterocycles. The van der Waals surface area contributed by atoms with E-state index >= 15 is 0 Å². The first kappa shape index (κ1) is 25.3. The fourth-order valence-electron chi connectivity index (χ4n) is 5.76. The summed E-state index contributed by atoms with van der Waals surface area (Å²) in [6, 6.07) is 8.74. The highest BCUT2D eigenvalue weighted by Crippen LogP contribution is 2.45. The largest absolute Gasteiger partial charge is 0.369 e. The number of nitrogens with zero attached hydrogens (tertiary/aromatic N) is 3. The Bertz CT molecular complexity index is 792. The first-order chi connectivity index (χ1) is 15.1. The van der Waals surface area contributed by atoms with Crippen molar-refractivity contribution in [3.05, 3.63) is 35.4 Å². The zero-order valence-electron chi connectivity index (χ0n) is 19.5. The maximum Gasteiger partial charge on any atom is 0.221 e. The second kappa shape index (κ2) is 11.7. The molecule has 7 heteroatoms. The number of nitrogens with one attached hydrogen (secondary N) is 1. The number of carbonyl (C=O) groups excluding carboxylic acids is 1. The van der Waals surface area contributed by atoms with E-state index in [-0.39, 0.29) is 35.8 Å². The van der Waals surface area contributed by atoms with Crippen LogP contribution in [0.15, 0.2) is 29.3 Å². The molecule has 178 valence electrons. The number of primary amides is 1. The summed E-state index contributed by atoms with van der Waals surface area (Å²) in [6.07, 6.45) is 8.84. The molecule has 1 unspecified atom stereocenters. The summed E-state index contributed by atoms with van der Waals surface area (Å²) in [4.78, 5) is 21.4. The normalized spacial score (nSPS) is 23.3. The lowest BCUT2D eigenvalue weighted by Crippen LogP contribution is -2.41. The van der Waals surface area contributed by atoms with Gasteiger partial charge in [-0.1, -0.05) is 37.1 Å². The predicted octanol–water partition coefficient (Wildman–Crippen LogP) is 3.73. The van der Waals surface area contributed by atoms with E-state index in [9.17, 15) is 4.79 Å². The van der Waals surface area contributed by atoms with Gasteiger partial charge in [-0.05, 0) is 62.1 Å². The van der Waals surface area contributed by atoms with Crippen molar-refractivity contribution in [2.45, 2.75) is 65.0 Å². The zero-order valence-corrected chi connectivity index (χ0v) is 21.9. The van der Waals surface area contributed by atoms with Gasteiger partial charge in [-0.25, -0.2) is 4.99 Å². The molecule has 3 aliphatic rings. The van der Waals surface area contributed by atoms with Gasteiger partial charge in [0.05, 0.1) is 12.5 Å². The molecule has 1 aromatic carbocycles. The van der Waals surface area contributed by atoms with Crippen LogP contribution in [0.1, 0.15) is 63.0 Å². The first-order valence-electron chi connectivity index (χ1n) is 12.2. The number of benzene rings is 1. The minimum absolute atomic E-state index is 0.